The number of hydrogen-bond acceptors (Lipinski definition) is 5. The third-order valence-corrected chi connectivity index (χ3v) is 7.28. The molecule has 1 atom stereocenters. The monoisotopic (exact) mass is 464 g/mol. The van der Waals surface area contributed by atoms with Crippen molar-refractivity contribution in [3.05, 3.63) is 57.5 Å². The molecule has 3 aromatic rings. The number of aliphatic hydroxyl groups excluding tert-OH is 1. The van der Waals surface area contributed by atoms with Crippen molar-refractivity contribution in [3.63, 3.8) is 0 Å². The Labute approximate surface area is 191 Å². The molecule has 7 heteroatoms. The summed E-state index contributed by atoms with van der Waals surface area (Å²) in [6, 6.07) is 11.7. The Kier molecular flexibility index (Phi) is 7.50. The minimum absolute atomic E-state index is 0.334. The maximum atomic E-state index is 10.3. The number of aliphatic hydroxyl groups is 1. The Morgan fingerprint density at radius 1 is 1.13 bits per heavy atom. The van der Waals surface area contributed by atoms with Gasteiger partial charge in [0.2, 0.25) is 0 Å². The minimum Gasteiger partial charge on any atom is -0.491 e. The van der Waals surface area contributed by atoms with Crippen molar-refractivity contribution in [3.8, 4) is 5.75 Å². The van der Waals surface area contributed by atoms with Crippen molar-refractivity contribution >= 4 is 44.8 Å². The number of thiazole rings is 1. The Morgan fingerprint density at radius 3 is 2.77 bits per heavy atom. The van der Waals surface area contributed by atoms with Crippen LogP contribution in [0.25, 0.3) is 10.2 Å². The van der Waals surface area contributed by atoms with Gasteiger partial charge in [-0.3, -0.25) is 4.90 Å². The fourth-order valence-electron chi connectivity index (χ4n) is 3.96. The lowest BCUT2D eigenvalue weighted by atomic mass is 9.91. The van der Waals surface area contributed by atoms with Gasteiger partial charge >= 0.3 is 0 Å². The Balaban J connectivity index is 1.15. The molecular weight excluding hydrogens is 439 g/mol. The Hall–Kier alpha value is -1.37. The standard InChI is InChI=1S/C23H26Cl2N2O2S/c24-20-5-2-17(11-21(20)25)13-27-9-7-16(8-10-27)1-3-18(28)14-29-19-4-6-22-23(12-19)30-15-26-22/h2,4-6,11-12,15-16,18,28H,1,3,7-10,13-14H2/t18-/m0/s1. The molecule has 1 saturated heterocycles. The van der Waals surface area contributed by atoms with Gasteiger partial charge in [0.1, 0.15) is 12.4 Å². The van der Waals surface area contributed by atoms with E-state index in [0.717, 1.165) is 61.3 Å². The lowest BCUT2D eigenvalue weighted by Crippen LogP contribution is -2.33. The molecule has 160 valence electrons. The highest BCUT2D eigenvalue weighted by Crippen LogP contribution is 2.27. The molecular formula is C23H26Cl2N2O2S. The average molecular weight is 465 g/mol. The summed E-state index contributed by atoms with van der Waals surface area (Å²) >= 11 is 13.7. The van der Waals surface area contributed by atoms with E-state index in [2.05, 4.69) is 9.88 Å². The number of fused-ring (bicyclic) bond motifs is 1. The maximum absolute atomic E-state index is 10.3. The number of likely N-dealkylation sites (tertiary alicyclic amines) is 1. The predicted molar refractivity (Wildman–Crippen MR) is 125 cm³/mol. The van der Waals surface area contributed by atoms with Crippen molar-refractivity contribution in [1.82, 2.24) is 9.88 Å². The van der Waals surface area contributed by atoms with Crippen LogP contribution in [0.4, 0.5) is 0 Å². The van der Waals surface area contributed by atoms with Gasteiger partial charge in [0.25, 0.3) is 0 Å². The molecule has 0 bridgehead atoms. The third kappa shape index (κ3) is 5.86. The molecule has 1 N–H and O–H groups in total. The Bertz CT molecular complexity index is 973. The van der Waals surface area contributed by atoms with Crippen molar-refractivity contribution in [2.75, 3.05) is 19.7 Å². The summed E-state index contributed by atoms with van der Waals surface area (Å²) in [7, 11) is 0. The summed E-state index contributed by atoms with van der Waals surface area (Å²) in [6.07, 6.45) is 3.71. The van der Waals surface area contributed by atoms with Crippen LogP contribution >= 0.6 is 34.5 Å². The van der Waals surface area contributed by atoms with Gasteiger partial charge in [0.05, 0.1) is 31.9 Å². The maximum Gasteiger partial charge on any atom is 0.121 e. The van der Waals surface area contributed by atoms with Gasteiger partial charge in [-0.15, -0.1) is 11.3 Å². The molecule has 1 fully saturated rings. The fourth-order valence-corrected chi connectivity index (χ4v) is 4.98. The summed E-state index contributed by atoms with van der Waals surface area (Å²) in [5.41, 5.74) is 4.02. The van der Waals surface area contributed by atoms with E-state index in [1.165, 1.54) is 5.56 Å². The summed E-state index contributed by atoms with van der Waals surface area (Å²) in [5, 5.41) is 11.6. The summed E-state index contributed by atoms with van der Waals surface area (Å²) < 4.78 is 6.89. The number of benzene rings is 2. The smallest absolute Gasteiger partial charge is 0.121 e. The summed E-state index contributed by atoms with van der Waals surface area (Å²) in [6.45, 7) is 3.39. The van der Waals surface area contributed by atoms with Crippen LogP contribution in [0.1, 0.15) is 31.2 Å². The van der Waals surface area contributed by atoms with Crippen LogP contribution in [0.2, 0.25) is 10.0 Å². The van der Waals surface area contributed by atoms with Crippen LogP contribution in [0.5, 0.6) is 5.75 Å². The van der Waals surface area contributed by atoms with E-state index in [9.17, 15) is 5.11 Å². The van der Waals surface area contributed by atoms with Gasteiger partial charge < -0.3 is 9.84 Å². The SMILES string of the molecule is O[C@@H](CCC1CCN(Cc2ccc(Cl)c(Cl)c2)CC1)COc1ccc2ncsc2c1. The highest BCUT2D eigenvalue weighted by Gasteiger charge is 2.20. The molecule has 0 unspecified atom stereocenters. The van der Waals surface area contributed by atoms with Crippen LogP contribution in [0.3, 0.4) is 0 Å². The average Bonchev–Trinajstić information content (AvgIpc) is 3.22. The summed E-state index contributed by atoms with van der Waals surface area (Å²) in [4.78, 5) is 6.73. The van der Waals surface area contributed by atoms with Gasteiger partial charge in [0, 0.05) is 6.54 Å². The third-order valence-electron chi connectivity index (χ3n) is 5.75. The zero-order valence-corrected chi connectivity index (χ0v) is 19.1. The second kappa shape index (κ2) is 10.3. The van der Waals surface area contributed by atoms with E-state index in [1.807, 2.05) is 41.9 Å². The van der Waals surface area contributed by atoms with Crippen molar-refractivity contribution in [2.45, 2.75) is 38.3 Å². The predicted octanol–water partition coefficient (Wildman–Crippen LogP) is 6.04. The zero-order chi connectivity index (χ0) is 20.9. The van der Waals surface area contributed by atoms with E-state index in [4.69, 9.17) is 27.9 Å². The van der Waals surface area contributed by atoms with E-state index >= 15 is 0 Å². The molecule has 4 rings (SSSR count). The first-order valence-electron chi connectivity index (χ1n) is 10.4. The fraction of sp³-hybridized carbons (Fsp3) is 0.435. The highest BCUT2D eigenvalue weighted by atomic mass is 35.5. The zero-order valence-electron chi connectivity index (χ0n) is 16.8. The molecule has 0 radical (unpaired) electrons. The first kappa shape index (κ1) is 21.8. The van der Waals surface area contributed by atoms with Crippen molar-refractivity contribution in [2.24, 2.45) is 5.92 Å². The first-order chi connectivity index (χ1) is 14.6. The highest BCUT2D eigenvalue weighted by molar-refractivity contribution is 7.16. The number of nitrogens with zero attached hydrogens (tertiary/aromatic N) is 2. The molecule has 2 aromatic carbocycles. The quantitative estimate of drug-likeness (QED) is 0.441. The van der Waals surface area contributed by atoms with E-state index in [1.54, 1.807) is 11.3 Å². The number of rotatable bonds is 8. The molecule has 1 aromatic heterocycles. The molecule has 30 heavy (non-hydrogen) atoms. The topological polar surface area (TPSA) is 45.6 Å². The van der Waals surface area contributed by atoms with Crippen LogP contribution in [0.15, 0.2) is 41.9 Å². The van der Waals surface area contributed by atoms with Crippen LogP contribution in [-0.4, -0.2) is 40.8 Å². The van der Waals surface area contributed by atoms with E-state index in [-0.39, 0.29) is 0 Å². The number of ether oxygens (including phenoxy) is 1. The van der Waals surface area contributed by atoms with Crippen LogP contribution in [0, 0.1) is 5.92 Å². The van der Waals surface area contributed by atoms with E-state index in [0.29, 0.717) is 22.6 Å². The lowest BCUT2D eigenvalue weighted by molar-refractivity contribution is 0.0865. The molecule has 0 spiro atoms. The largest absolute Gasteiger partial charge is 0.491 e. The lowest BCUT2D eigenvalue weighted by Gasteiger charge is -2.32. The number of aromatic nitrogens is 1. The molecule has 1 aliphatic heterocycles. The van der Waals surface area contributed by atoms with Gasteiger partial charge in [-0.25, -0.2) is 4.98 Å². The van der Waals surface area contributed by atoms with E-state index < -0.39 is 6.10 Å². The molecule has 2 heterocycles. The second-order valence-electron chi connectivity index (χ2n) is 7.99. The second-order valence-corrected chi connectivity index (χ2v) is 9.69. The molecule has 4 nitrogen and oxygen atoms in total. The molecule has 0 amide bonds. The summed E-state index contributed by atoms with van der Waals surface area (Å²) in [5.74, 6) is 1.46. The van der Waals surface area contributed by atoms with Gasteiger partial charge in [-0.2, -0.15) is 0 Å². The molecule has 1 aliphatic rings. The van der Waals surface area contributed by atoms with Crippen molar-refractivity contribution < 1.29 is 9.84 Å². The van der Waals surface area contributed by atoms with Crippen LogP contribution < -0.4 is 4.74 Å². The van der Waals surface area contributed by atoms with Crippen LogP contribution in [-0.2, 0) is 6.54 Å². The van der Waals surface area contributed by atoms with Gasteiger partial charge in [0.15, 0.2) is 0 Å². The number of hydrogen-bond donors (Lipinski definition) is 1. The Morgan fingerprint density at radius 2 is 1.97 bits per heavy atom. The molecule has 0 saturated carbocycles. The van der Waals surface area contributed by atoms with Gasteiger partial charge in [-0.1, -0.05) is 29.3 Å². The number of halogens is 2. The van der Waals surface area contributed by atoms with Crippen molar-refractivity contribution in [1.29, 1.82) is 0 Å². The normalized spacial score (nSPS) is 16.8. The minimum atomic E-state index is -0.434. The first-order valence-corrected chi connectivity index (χ1v) is 12.0. The van der Waals surface area contributed by atoms with Gasteiger partial charge in [-0.05, 0) is 80.6 Å². The number of piperidine rings is 1. The molecule has 0 aliphatic carbocycles.